The minimum absolute atomic E-state index is 0.0142. The second-order valence-electron chi connectivity index (χ2n) is 17.7. The quantitative estimate of drug-likeness (QED) is 0.0410. The average molecular weight is 1060 g/mol. The molecular weight excluding hydrogens is 993 g/mol. The van der Waals surface area contributed by atoms with Crippen molar-refractivity contribution in [3.8, 4) is 0 Å². The molecule has 1 fully saturated rings. The van der Waals surface area contributed by atoms with E-state index in [9.17, 15) is 66.3 Å². The van der Waals surface area contributed by atoms with Gasteiger partial charge in [0.2, 0.25) is 5.69 Å². The van der Waals surface area contributed by atoms with Gasteiger partial charge in [-0.2, -0.15) is 29.8 Å². The summed E-state index contributed by atoms with van der Waals surface area (Å²) in [6.45, 7) is 15.7. The van der Waals surface area contributed by atoms with E-state index in [0.717, 1.165) is 0 Å². The van der Waals surface area contributed by atoms with E-state index in [-0.39, 0.29) is 55.0 Å². The van der Waals surface area contributed by atoms with Crippen LogP contribution in [0.15, 0.2) is 82.3 Å². The highest BCUT2D eigenvalue weighted by Crippen LogP contribution is 2.51. The number of imide groups is 1. The van der Waals surface area contributed by atoms with E-state index in [2.05, 4.69) is 25.7 Å². The van der Waals surface area contributed by atoms with Crippen LogP contribution in [-0.4, -0.2) is 134 Å². The molecule has 24 heteroatoms. The van der Waals surface area contributed by atoms with Crippen molar-refractivity contribution in [2.45, 2.75) is 120 Å². The van der Waals surface area contributed by atoms with Gasteiger partial charge in [-0.3, -0.25) is 23.2 Å². The first-order valence-corrected chi connectivity index (χ1v) is 28.9. The highest BCUT2D eigenvalue weighted by Gasteiger charge is 2.46. The molecule has 20 nitrogen and oxygen atoms in total. The summed E-state index contributed by atoms with van der Waals surface area (Å²) in [4.78, 5) is 44.5. The van der Waals surface area contributed by atoms with E-state index in [0.29, 0.717) is 64.7 Å². The fourth-order valence-electron chi connectivity index (χ4n) is 8.81. The maximum Gasteiger partial charge on any atom is 0.333 e. The molecule has 3 N–H and O–H groups in total. The summed E-state index contributed by atoms with van der Waals surface area (Å²) >= 11 is 0. The van der Waals surface area contributed by atoms with Gasteiger partial charge in [-0.1, -0.05) is 51.8 Å². The van der Waals surface area contributed by atoms with Crippen LogP contribution in [-0.2, 0) is 70.5 Å². The summed E-state index contributed by atoms with van der Waals surface area (Å²) in [5, 5.41) is 0.469. The summed E-state index contributed by atoms with van der Waals surface area (Å²) in [5.74, 6) is -3.19. The smallest absolute Gasteiger partial charge is 0.333 e. The average Bonchev–Trinajstić information content (AvgIpc) is 3.78. The molecule has 5 rings (SSSR count). The number of anilines is 1. The third kappa shape index (κ3) is 15.2. The van der Waals surface area contributed by atoms with Crippen LogP contribution in [0.3, 0.4) is 0 Å². The number of unbranched alkanes of at least 4 members (excludes halogenated alkanes) is 2. The van der Waals surface area contributed by atoms with Gasteiger partial charge in [-0.25, -0.2) is 13.2 Å². The van der Waals surface area contributed by atoms with Crippen LogP contribution in [0.4, 0.5) is 11.4 Å². The molecule has 2 amide bonds. The van der Waals surface area contributed by atoms with Gasteiger partial charge in [0.15, 0.2) is 5.71 Å². The number of hydroxylamine groups is 2. The Labute approximate surface area is 411 Å². The number of hydrogen-bond acceptors (Lipinski definition) is 15. The molecule has 0 radical (unpaired) electrons. The Kier molecular flexibility index (Phi) is 19.6. The molecule has 3 heterocycles. The molecule has 1 unspecified atom stereocenters. The highest BCUT2D eigenvalue weighted by molar-refractivity contribution is 7.86. The fraction of sp³-hybridized carbons (Fsp3) is 0.522. The molecule has 3 aliphatic heterocycles. The molecule has 0 aromatic heterocycles. The number of nitrogens with zero attached hydrogens (tertiary/aromatic N) is 4. The minimum atomic E-state index is -4.67. The SMILES string of the molecule is CC1(C)C(/C=C/C=C/C=C2\N(CCCS(=O)(=O)[O-])c3ccc(S(=O)(=O)O)cc3C2(C)CCCCCC(=O)ON2C(=O)CCC2=O)=[N+](CCCS(=O)(=O)O)c2ccc(S(=O)(=O)O)cc21.CCN(CC)CC. The van der Waals surface area contributed by atoms with Crippen molar-refractivity contribution >= 4 is 75.3 Å². The Bertz CT molecular complexity index is 2850. The van der Waals surface area contributed by atoms with Gasteiger partial charge >= 0.3 is 5.97 Å². The first kappa shape index (κ1) is 57.9. The summed E-state index contributed by atoms with van der Waals surface area (Å²) in [6, 6.07) is 8.07. The van der Waals surface area contributed by atoms with Gasteiger partial charge in [0.1, 0.15) is 6.54 Å². The molecule has 0 aliphatic carbocycles. The molecule has 1 saturated heterocycles. The van der Waals surface area contributed by atoms with Crippen LogP contribution in [0.1, 0.15) is 110 Å². The highest BCUT2D eigenvalue weighted by atomic mass is 32.2. The van der Waals surface area contributed by atoms with Crippen LogP contribution in [0, 0.1) is 0 Å². The standard InChI is InChI=1S/C40H49N3O16S4.C6H15N/c1-39(2)30-26-28(62(53,54)55)15-17-32(30)41(22-10-24-60(47,48)49)34(39)12-6-4-7-13-35-40(3,21-9-5-8-14-38(46)59-43-36(44)19-20-37(43)45)31-27-29(63(56,57)58)16-18-33(31)42(35)23-11-25-61(50,51)52;1-4-7(5-2)6-3/h4,6-7,12-13,15-18,26-27H,5,8-11,14,19-25H2,1-3H3,(H3-,47,48,49,50,51,52,53,54,55,56,57,58);4-6H2,1-3H3. The molecule has 0 saturated carbocycles. The molecule has 1 atom stereocenters. The fourth-order valence-corrected chi connectivity index (χ4v) is 10.8. The van der Waals surface area contributed by atoms with E-state index in [4.69, 9.17) is 4.84 Å². The van der Waals surface area contributed by atoms with Crippen LogP contribution in [0.2, 0.25) is 0 Å². The Balaban J connectivity index is 0.00000141. The van der Waals surface area contributed by atoms with Crippen molar-refractivity contribution in [1.29, 1.82) is 0 Å². The van der Waals surface area contributed by atoms with Crippen molar-refractivity contribution in [1.82, 2.24) is 9.96 Å². The third-order valence-corrected chi connectivity index (χ3v) is 15.8. The summed E-state index contributed by atoms with van der Waals surface area (Å²) in [7, 11) is -18.1. The molecule has 2 aromatic rings. The number of carbonyl (C=O) groups is 3. The van der Waals surface area contributed by atoms with Crippen LogP contribution in [0.5, 0.6) is 0 Å². The molecule has 70 heavy (non-hydrogen) atoms. The lowest BCUT2D eigenvalue weighted by Crippen LogP contribution is -2.32. The topological polar surface area (TPSA) is 293 Å². The monoisotopic (exact) mass is 1060 g/mol. The Morgan fingerprint density at radius 1 is 0.771 bits per heavy atom. The van der Waals surface area contributed by atoms with Crippen molar-refractivity contribution < 1.29 is 75.7 Å². The summed E-state index contributed by atoms with van der Waals surface area (Å²) < 4.78 is 137. The van der Waals surface area contributed by atoms with E-state index < -0.39 is 80.6 Å². The molecular formula is C46H64N4O16S4. The van der Waals surface area contributed by atoms with Crippen molar-refractivity contribution in [2.24, 2.45) is 0 Å². The zero-order chi connectivity index (χ0) is 52.5. The Morgan fingerprint density at radius 3 is 1.90 bits per heavy atom. The minimum Gasteiger partial charge on any atom is -0.748 e. The first-order valence-electron chi connectivity index (χ1n) is 22.9. The van der Waals surface area contributed by atoms with Crippen molar-refractivity contribution in [3.05, 3.63) is 83.6 Å². The first-order chi connectivity index (χ1) is 32.5. The van der Waals surface area contributed by atoms with Gasteiger partial charge in [0.05, 0.1) is 31.1 Å². The predicted octanol–water partition coefficient (Wildman–Crippen LogP) is 5.45. The van der Waals surface area contributed by atoms with E-state index in [1.165, 1.54) is 56.0 Å². The lowest BCUT2D eigenvalue weighted by Gasteiger charge is -2.30. The van der Waals surface area contributed by atoms with Crippen molar-refractivity contribution in [3.63, 3.8) is 0 Å². The Morgan fingerprint density at radius 2 is 1.36 bits per heavy atom. The van der Waals surface area contributed by atoms with Gasteiger partial charge in [-0.15, -0.1) is 5.06 Å². The summed E-state index contributed by atoms with van der Waals surface area (Å²) in [5.41, 5.74) is 1.40. The lowest BCUT2D eigenvalue weighted by molar-refractivity contribution is -0.437. The number of amides is 2. The lowest BCUT2D eigenvalue weighted by atomic mass is 9.77. The molecule has 0 bridgehead atoms. The van der Waals surface area contributed by atoms with E-state index in [1.54, 1.807) is 39.9 Å². The van der Waals surface area contributed by atoms with Gasteiger partial charge < -0.3 is 19.2 Å². The maximum atomic E-state index is 12.4. The van der Waals surface area contributed by atoms with E-state index >= 15 is 0 Å². The third-order valence-electron chi connectivity index (χ3n) is 12.6. The maximum absolute atomic E-state index is 12.4. The van der Waals surface area contributed by atoms with Crippen LogP contribution >= 0.6 is 0 Å². The van der Waals surface area contributed by atoms with Crippen LogP contribution < -0.4 is 4.90 Å². The molecule has 0 spiro atoms. The number of allylic oxidation sites excluding steroid dienone is 6. The number of fused-ring (bicyclic) bond motifs is 2. The second-order valence-corrected chi connectivity index (χ2v) is 23.7. The number of hydrogen-bond donors (Lipinski definition) is 3. The number of carbonyl (C=O) groups excluding carboxylic acids is 3. The molecule has 2 aromatic carbocycles. The summed E-state index contributed by atoms with van der Waals surface area (Å²) in [6.07, 6.45) is 9.73. The second kappa shape index (κ2) is 23.7. The number of benzene rings is 2. The molecule has 3 aliphatic rings. The van der Waals surface area contributed by atoms with Crippen molar-refractivity contribution in [2.75, 3.05) is 49.1 Å². The zero-order valence-corrected chi connectivity index (χ0v) is 43.5. The normalized spacial score (nSPS) is 18.9. The zero-order valence-electron chi connectivity index (χ0n) is 40.2. The van der Waals surface area contributed by atoms with Gasteiger partial charge in [-0.05, 0) is 102 Å². The van der Waals surface area contributed by atoms with Crippen LogP contribution in [0.25, 0.3) is 0 Å². The largest absolute Gasteiger partial charge is 0.748 e. The van der Waals surface area contributed by atoms with Gasteiger partial charge in [0.25, 0.3) is 42.2 Å². The predicted molar refractivity (Wildman–Crippen MR) is 260 cm³/mol. The van der Waals surface area contributed by atoms with E-state index in [1.807, 2.05) is 20.8 Å². The Hall–Kier alpha value is -4.66. The van der Waals surface area contributed by atoms with Gasteiger partial charge in [0, 0.05) is 72.5 Å². The number of rotatable bonds is 23. The molecule has 388 valence electrons.